The summed E-state index contributed by atoms with van der Waals surface area (Å²) in [7, 11) is 0. The summed E-state index contributed by atoms with van der Waals surface area (Å²) in [5.41, 5.74) is 8.01. The van der Waals surface area contributed by atoms with E-state index in [0.717, 1.165) is 16.5 Å². The van der Waals surface area contributed by atoms with E-state index in [0.29, 0.717) is 11.4 Å². The first-order valence-electron chi connectivity index (χ1n) is 6.38. The molecule has 0 aliphatic heterocycles. The summed E-state index contributed by atoms with van der Waals surface area (Å²) < 4.78 is 0. The van der Waals surface area contributed by atoms with Crippen LogP contribution in [0.4, 0.5) is 17.1 Å². The average Bonchev–Trinajstić information content (AvgIpc) is 2.49. The number of aromatic carboxylic acids is 1. The van der Waals surface area contributed by atoms with Gasteiger partial charge in [0, 0.05) is 28.9 Å². The van der Waals surface area contributed by atoms with E-state index in [4.69, 9.17) is 10.8 Å². The lowest BCUT2D eigenvalue weighted by molar-refractivity contribution is 0.0697. The Balaban J connectivity index is 2.06. The SMILES string of the molecule is Nc1ccc(C(=O)O)cc1Nc1cccc2cnccc12. The fraction of sp³-hybridized carbons (Fsp3) is 0. The van der Waals surface area contributed by atoms with Gasteiger partial charge in [-0.1, -0.05) is 12.1 Å². The Morgan fingerprint density at radius 2 is 2.00 bits per heavy atom. The number of benzene rings is 2. The van der Waals surface area contributed by atoms with Crippen LogP contribution >= 0.6 is 0 Å². The van der Waals surface area contributed by atoms with Crippen molar-refractivity contribution in [3.8, 4) is 0 Å². The molecule has 0 amide bonds. The van der Waals surface area contributed by atoms with Gasteiger partial charge in [-0.3, -0.25) is 4.98 Å². The molecule has 0 atom stereocenters. The molecule has 0 radical (unpaired) electrons. The Morgan fingerprint density at radius 3 is 2.81 bits per heavy atom. The predicted molar refractivity (Wildman–Crippen MR) is 82.8 cm³/mol. The van der Waals surface area contributed by atoms with Gasteiger partial charge in [-0.2, -0.15) is 0 Å². The van der Waals surface area contributed by atoms with E-state index in [1.54, 1.807) is 18.5 Å². The lowest BCUT2D eigenvalue weighted by atomic mass is 10.1. The Hall–Kier alpha value is -3.08. The predicted octanol–water partition coefficient (Wildman–Crippen LogP) is 3.26. The van der Waals surface area contributed by atoms with Crippen LogP contribution in [0.5, 0.6) is 0 Å². The average molecular weight is 279 g/mol. The van der Waals surface area contributed by atoms with Crippen molar-refractivity contribution < 1.29 is 9.90 Å². The lowest BCUT2D eigenvalue weighted by Crippen LogP contribution is -2.01. The molecule has 4 N–H and O–H groups in total. The van der Waals surface area contributed by atoms with E-state index >= 15 is 0 Å². The smallest absolute Gasteiger partial charge is 0.335 e. The van der Waals surface area contributed by atoms with Crippen LogP contribution < -0.4 is 11.1 Å². The number of nitrogen functional groups attached to an aromatic ring is 1. The van der Waals surface area contributed by atoms with Crippen LogP contribution in [-0.4, -0.2) is 16.1 Å². The summed E-state index contributed by atoms with van der Waals surface area (Å²) >= 11 is 0. The topological polar surface area (TPSA) is 88.2 Å². The van der Waals surface area contributed by atoms with E-state index in [-0.39, 0.29) is 5.56 Å². The first-order valence-corrected chi connectivity index (χ1v) is 6.38. The van der Waals surface area contributed by atoms with Crippen molar-refractivity contribution in [1.82, 2.24) is 4.98 Å². The molecule has 0 bridgehead atoms. The second kappa shape index (κ2) is 5.13. The number of nitrogens with one attached hydrogen (secondary N) is 1. The van der Waals surface area contributed by atoms with Gasteiger partial charge in [0.05, 0.1) is 16.9 Å². The maximum atomic E-state index is 11.1. The normalized spacial score (nSPS) is 10.5. The number of carboxylic acids is 1. The van der Waals surface area contributed by atoms with Gasteiger partial charge in [0.15, 0.2) is 0 Å². The van der Waals surface area contributed by atoms with Crippen molar-refractivity contribution >= 4 is 33.8 Å². The van der Waals surface area contributed by atoms with Crippen molar-refractivity contribution in [1.29, 1.82) is 0 Å². The highest BCUT2D eigenvalue weighted by Crippen LogP contribution is 2.29. The van der Waals surface area contributed by atoms with Crippen LogP contribution in [0.2, 0.25) is 0 Å². The minimum absolute atomic E-state index is 0.189. The maximum Gasteiger partial charge on any atom is 0.335 e. The number of nitrogens with zero attached hydrogens (tertiary/aromatic N) is 1. The maximum absolute atomic E-state index is 11.1. The van der Waals surface area contributed by atoms with Crippen molar-refractivity contribution in [2.75, 3.05) is 11.1 Å². The fourth-order valence-corrected chi connectivity index (χ4v) is 2.17. The van der Waals surface area contributed by atoms with E-state index in [2.05, 4.69) is 10.3 Å². The van der Waals surface area contributed by atoms with Gasteiger partial charge in [0.1, 0.15) is 0 Å². The standard InChI is InChI=1S/C16H13N3O2/c17-13-5-4-10(16(20)21)8-15(13)19-14-3-1-2-11-9-18-7-6-12(11)14/h1-9,19H,17H2,(H,20,21). The third-order valence-electron chi connectivity index (χ3n) is 3.25. The molecule has 104 valence electrons. The van der Waals surface area contributed by atoms with Crippen LogP contribution in [0.25, 0.3) is 10.8 Å². The van der Waals surface area contributed by atoms with E-state index in [9.17, 15) is 4.79 Å². The second-order valence-corrected chi connectivity index (χ2v) is 4.63. The van der Waals surface area contributed by atoms with E-state index in [1.807, 2.05) is 24.3 Å². The molecule has 3 aromatic rings. The van der Waals surface area contributed by atoms with E-state index in [1.165, 1.54) is 12.1 Å². The molecular formula is C16H13N3O2. The monoisotopic (exact) mass is 279 g/mol. The lowest BCUT2D eigenvalue weighted by Gasteiger charge is -2.12. The highest BCUT2D eigenvalue weighted by molar-refractivity contribution is 5.97. The number of hydrogen-bond donors (Lipinski definition) is 3. The summed E-state index contributed by atoms with van der Waals surface area (Å²) in [5, 5.41) is 14.2. The molecule has 5 nitrogen and oxygen atoms in total. The Kier molecular flexibility index (Phi) is 3.16. The van der Waals surface area contributed by atoms with Crippen molar-refractivity contribution in [2.45, 2.75) is 0 Å². The van der Waals surface area contributed by atoms with Crippen LogP contribution in [0.1, 0.15) is 10.4 Å². The van der Waals surface area contributed by atoms with Gasteiger partial charge in [0.25, 0.3) is 0 Å². The molecule has 1 heterocycles. The zero-order valence-corrected chi connectivity index (χ0v) is 11.1. The van der Waals surface area contributed by atoms with Crippen molar-refractivity contribution in [2.24, 2.45) is 0 Å². The van der Waals surface area contributed by atoms with Crippen LogP contribution in [0.15, 0.2) is 54.9 Å². The van der Waals surface area contributed by atoms with Crippen LogP contribution in [0.3, 0.4) is 0 Å². The molecule has 0 spiro atoms. The molecule has 21 heavy (non-hydrogen) atoms. The van der Waals surface area contributed by atoms with Crippen molar-refractivity contribution in [3.05, 3.63) is 60.4 Å². The van der Waals surface area contributed by atoms with Crippen LogP contribution in [0, 0.1) is 0 Å². The largest absolute Gasteiger partial charge is 0.478 e. The van der Waals surface area contributed by atoms with Gasteiger partial charge >= 0.3 is 5.97 Å². The molecule has 0 aliphatic carbocycles. The quantitative estimate of drug-likeness (QED) is 0.640. The second-order valence-electron chi connectivity index (χ2n) is 4.63. The molecule has 3 rings (SSSR count). The van der Waals surface area contributed by atoms with Crippen LogP contribution in [-0.2, 0) is 0 Å². The minimum Gasteiger partial charge on any atom is -0.478 e. The number of carbonyl (C=O) groups is 1. The zero-order valence-electron chi connectivity index (χ0n) is 11.1. The first-order chi connectivity index (χ1) is 10.1. The van der Waals surface area contributed by atoms with Gasteiger partial charge in [0.2, 0.25) is 0 Å². The minimum atomic E-state index is -0.986. The van der Waals surface area contributed by atoms with Gasteiger partial charge in [-0.15, -0.1) is 0 Å². The highest BCUT2D eigenvalue weighted by Gasteiger charge is 2.08. The molecule has 0 aliphatic rings. The van der Waals surface area contributed by atoms with Gasteiger partial charge < -0.3 is 16.2 Å². The zero-order chi connectivity index (χ0) is 14.8. The molecule has 0 saturated heterocycles. The summed E-state index contributed by atoms with van der Waals surface area (Å²) in [6.07, 6.45) is 3.49. The summed E-state index contributed by atoms with van der Waals surface area (Å²) in [4.78, 5) is 15.1. The summed E-state index contributed by atoms with van der Waals surface area (Å²) in [6, 6.07) is 12.3. The number of nitrogens with two attached hydrogens (primary N) is 1. The first kappa shape index (κ1) is 12.9. The third-order valence-corrected chi connectivity index (χ3v) is 3.25. The van der Waals surface area contributed by atoms with Gasteiger partial charge in [-0.05, 0) is 30.3 Å². The molecule has 0 fully saturated rings. The molecule has 1 aromatic heterocycles. The molecule has 0 unspecified atom stereocenters. The number of anilines is 3. The Labute approximate surface area is 121 Å². The number of fused-ring (bicyclic) bond motifs is 1. The van der Waals surface area contributed by atoms with E-state index < -0.39 is 5.97 Å². The summed E-state index contributed by atoms with van der Waals surface area (Å²) in [5.74, 6) is -0.986. The highest BCUT2D eigenvalue weighted by atomic mass is 16.4. The fourth-order valence-electron chi connectivity index (χ4n) is 2.17. The number of pyridine rings is 1. The molecule has 5 heteroatoms. The number of aromatic nitrogens is 1. The Morgan fingerprint density at radius 1 is 1.14 bits per heavy atom. The van der Waals surface area contributed by atoms with Crippen molar-refractivity contribution in [3.63, 3.8) is 0 Å². The Bertz CT molecular complexity index is 825. The van der Waals surface area contributed by atoms with Gasteiger partial charge in [-0.25, -0.2) is 4.79 Å². The number of hydrogen-bond acceptors (Lipinski definition) is 4. The molecule has 0 saturated carbocycles. The molecular weight excluding hydrogens is 266 g/mol. The summed E-state index contributed by atoms with van der Waals surface area (Å²) in [6.45, 7) is 0. The number of rotatable bonds is 3. The number of carboxylic acid groups (broad SMARTS) is 1. The molecule has 2 aromatic carbocycles. The third kappa shape index (κ3) is 2.49.